The summed E-state index contributed by atoms with van der Waals surface area (Å²) in [5, 5.41) is 27.5. The van der Waals surface area contributed by atoms with Gasteiger partial charge in [0.15, 0.2) is 6.10 Å². The maximum Gasteiger partial charge on any atom is 0.338 e. The van der Waals surface area contributed by atoms with E-state index < -0.39 is 46.3 Å². The number of hydrogen-bond acceptors (Lipinski definition) is 8. The van der Waals surface area contributed by atoms with E-state index in [1.165, 1.54) is 0 Å². The summed E-state index contributed by atoms with van der Waals surface area (Å²) in [6.07, 6.45) is -7.11. The number of cyclic esters (lactones) is 1. The lowest BCUT2D eigenvalue weighted by atomic mass is 10.0. The van der Waals surface area contributed by atoms with E-state index in [4.69, 9.17) is 6.54 Å². The number of hydrogen-bond donors (Lipinski definition) is 4. The predicted octanol–water partition coefficient (Wildman–Crippen LogP) is -3.12. The van der Waals surface area contributed by atoms with Gasteiger partial charge in [0.1, 0.15) is 24.1 Å². The van der Waals surface area contributed by atoms with Crippen molar-refractivity contribution in [2.45, 2.75) is 24.4 Å². The van der Waals surface area contributed by atoms with Gasteiger partial charge >= 0.3 is 5.97 Å². The van der Waals surface area contributed by atoms with Crippen molar-refractivity contribution in [2.75, 3.05) is 5.75 Å². The van der Waals surface area contributed by atoms with Crippen molar-refractivity contribution in [1.82, 2.24) is 0 Å². The third-order valence-electron chi connectivity index (χ3n) is 1.93. The zero-order valence-electron chi connectivity index (χ0n) is 8.31. The lowest BCUT2D eigenvalue weighted by molar-refractivity contribution is -0.199. The minimum atomic E-state index is -4.28. The van der Waals surface area contributed by atoms with Gasteiger partial charge in [-0.15, -0.1) is 0 Å². The van der Waals surface area contributed by atoms with Crippen LogP contribution in [0, 0.1) is 0 Å². The number of aliphatic hydroxyl groups is 3. The van der Waals surface area contributed by atoms with Crippen molar-refractivity contribution < 1.29 is 37.8 Å². The summed E-state index contributed by atoms with van der Waals surface area (Å²) in [7, 11) is -4.28. The molecule has 88 valence electrons. The average molecular weight is 243 g/mol. The largest absolute Gasteiger partial charge is 0.456 e. The molecule has 0 radical (unpaired) electrons. The van der Waals surface area contributed by atoms with Crippen molar-refractivity contribution in [1.29, 1.82) is 1.43 Å². The van der Waals surface area contributed by atoms with Crippen molar-refractivity contribution >= 4 is 16.1 Å². The first-order valence-electron chi connectivity index (χ1n) is 4.31. The number of carbonyl (C=O) groups is 1. The number of esters is 1. The Morgan fingerprint density at radius 2 is 1.93 bits per heavy atom. The SMILES string of the molecule is [2H]OS(=O)(=O)C[C@H]1OC(=O)[C@H](O)[C@@H](O)[C@@H]1O. The Bertz CT molecular complexity index is 367. The normalized spacial score (nSPS) is 38.3. The van der Waals surface area contributed by atoms with Crippen LogP contribution in [0.3, 0.4) is 0 Å². The molecule has 1 fully saturated rings. The fraction of sp³-hybridized carbons (Fsp3) is 0.833. The maximum atomic E-state index is 10.9. The van der Waals surface area contributed by atoms with Gasteiger partial charge in [-0.05, 0) is 0 Å². The molecule has 4 atom stereocenters. The molecule has 0 saturated carbocycles. The van der Waals surface area contributed by atoms with Crippen LogP contribution in [0.5, 0.6) is 0 Å². The molecular formula is C6H10O8S. The highest BCUT2D eigenvalue weighted by atomic mass is 32.2. The summed E-state index contributed by atoms with van der Waals surface area (Å²) >= 11 is 0. The molecule has 0 aromatic heterocycles. The van der Waals surface area contributed by atoms with Gasteiger partial charge in [-0.3, -0.25) is 4.56 Å². The van der Waals surface area contributed by atoms with E-state index in [0.29, 0.717) is 0 Å². The molecule has 1 heterocycles. The number of rotatable bonds is 3. The molecule has 0 aromatic rings. The average Bonchev–Trinajstić information content (AvgIpc) is 2.22. The zero-order valence-corrected chi connectivity index (χ0v) is 8.12. The monoisotopic (exact) mass is 243 g/mol. The van der Waals surface area contributed by atoms with Crippen molar-refractivity contribution in [3.8, 4) is 0 Å². The molecule has 0 amide bonds. The van der Waals surface area contributed by atoms with E-state index in [1.807, 2.05) is 0 Å². The Labute approximate surface area is 86.3 Å². The van der Waals surface area contributed by atoms with E-state index in [0.717, 1.165) is 0 Å². The van der Waals surface area contributed by atoms with Crippen LogP contribution in [0.2, 0.25) is 0 Å². The summed E-state index contributed by atoms with van der Waals surface area (Å²) < 4.78 is 35.7. The van der Waals surface area contributed by atoms with Crippen molar-refractivity contribution in [3.05, 3.63) is 0 Å². The third kappa shape index (κ3) is 2.86. The van der Waals surface area contributed by atoms with Crippen LogP contribution < -0.4 is 0 Å². The highest BCUT2D eigenvalue weighted by Crippen LogP contribution is 2.17. The maximum absolute atomic E-state index is 10.9. The molecule has 1 aliphatic rings. The molecule has 9 heteroatoms. The molecule has 1 rings (SSSR count). The van der Waals surface area contributed by atoms with E-state index in [2.05, 4.69) is 9.29 Å². The van der Waals surface area contributed by atoms with Gasteiger partial charge < -0.3 is 20.1 Å². The summed E-state index contributed by atoms with van der Waals surface area (Å²) in [5.74, 6) is -2.23. The van der Waals surface area contributed by atoms with E-state index >= 15 is 0 Å². The van der Waals surface area contributed by atoms with Crippen molar-refractivity contribution in [2.24, 2.45) is 0 Å². The second-order valence-electron chi connectivity index (χ2n) is 3.13. The Hall–Kier alpha value is -0.740. The smallest absolute Gasteiger partial charge is 0.338 e. The Morgan fingerprint density at radius 1 is 1.33 bits per heavy atom. The number of carbonyl (C=O) groups excluding carboxylic acids is 1. The second kappa shape index (κ2) is 4.02. The van der Waals surface area contributed by atoms with Gasteiger partial charge in [-0.1, -0.05) is 0 Å². The molecule has 0 bridgehead atoms. The lowest BCUT2D eigenvalue weighted by Gasteiger charge is -2.33. The molecule has 1 saturated heterocycles. The topological polar surface area (TPSA) is 141 Å². The van der Waals surface area contributed by atoms with Gasteiger partial charge in [0, 0.05) is 0 Å². The molecule has 4 N–H and O–H groups in total. The summed E-state index contributed by atoms with van der Waals surface area (Å²) in [6.45, 7) is 0. The van der Waals surface area contributed by atoms with Gasteiger partial charge in [-0.25, -0.2) is 4.79 Å². The van der Waals surface area contributed by atoms with Crippen LogP contribution in [-0.2, 0) is 19.6 Å². The molecule has 0 aromatic carbocycles. The first-order valence-corrected chi connectivity index (χ1v) is 5.48. The van der Waals surface area contributed by atoms with Gasteiger partial charge in [0.25, 0.3) is 10.1 Å². The minimum absolute atomic E-state index is 0.979. The van der Waals surface area contributed by atoms with Crippen LogP contribution in [-0.4, -0.2) is 64.4 Å². The van der Waals surface area contributed by atoms with Gasteiger partial charge in [0.2, 0.25) is 1.43 Å². The summed E-state index contributed by atoms with van der Waals surface area (Å²) in [4.78, 5) is 10.9. The zero-order chi connectivity index (χ0) is 12.5. The fourth-order valence-electron chi connectivity index (χ4n) is 1.17. The van der Waals surface area contributed by atoms with Crippen LogP contribution in [0.4, 0.5) is 0 Å². The number of aliphatic hydroxyl groups excluding tert-OH is 3. The highest BCUT2D eigenvalue weighted by Gasteiger charge is 2.45. The van der Waals surface area contributed by atoms with E-state index in [-0.39, 0.29) is 0 Å². The molecule has 0 unspecified atom stereocenters. The highest BCUT2D eigenvalue weighted by molar-refractivity contribution is 7.85. The first kappa shape index (κ1) is 10.8. The minimum Gasteiger partial charge on any atom is -0.456 e. The second-order valence-corrected chi connectivity index (χ2v) is 4.57. The first-order chi connectivity index (χ1) is 7.28. The molecular weight excluding hydrogens is 232 g/mol. The van der Waals surface area contributed by atoms with E-state index in [1.54, 1.807) is 0 Å². The lowest BCUT2D eigenvalue weighted by Crippen LogP contribution is -2.57. The molecule has 0 aliphatic carbocycles. The standard InChI is InChI=1S/C6H10O8S/c7-3-2(1-15(11,12)13)14-6(10)5(9)4(3)8/h2-5,7-9H,1H2,(H,11,12,13)/t2-,3-,4+,5-/m1/s1/i/hD. The molecule has 15 heavy (non-hydrogen) atoms. The van der Waals surface area contributed by atoms with E-state index in [9.17, 15) is 23.4 Å². The Kier molecular flexibility index (Phi) is 2.89. The summed E-state index contributed by atoms with van der Waals surface area (Å²) in [5.41, 5.74) is 0. The molecule has 1 aliphatic heterocycles. The van der Waals surface area contributed by atoms with Crippen LogP contribution in [0.1, 0.15) is 0 Å². The summed E-state index contributed by atoms with van der Waals surface area (Å²) in [6, 6.07) is 0. The molecule has 8 nitrogen and oxygen atoms in total. The number of ether oxygens (including phenoxy) is 1. The predicted molar refractivity (Wildman–Crippen MR) is 44.3 cm³/mol. The third-order valence-corrected chi connectivity index (χ3v) is 2.67. The molecule has 0 spiro atoms. The van der Waals surface area contributed by atoms with Gasteiger partial charge in [-0.2, -0.15) is 8.42 Å². The van der Waals surface area contributed by atoms with Crippen LogP contribution in [0.25, 0.3) is 1.43 Å². The van der Waals surface area contributed by atoms with Crippen molar-refractivity contribution in [3.63, 3.8) is 0 Å². The van der Waals surface area contributed by atoms with Crippen LogP contribution in [0.15, 0.2) is 0 Å². The van der Waals surface area contributed by atoms with Gasteiger partial charge in [0.05, 0.1) is 0 Å². The quantitative estimate of drug-likeness (QED) is 0.301. The Morgan fingerprint density at radius 3 is 2.47 bits per heavy atom. The fourth-order valence-corrected chi connectivity index (χ4v) is 1.84. The Balaban J connectivity index is 2.79. The van der Waals surface area contributed by atoms with Crippen LogP contribution >= 0.6 is 0 Å².